The first kappa shape index (κ1) is 15.7. The van der Waals surface area contributed by atoms with E-state index < -0.39 is 10.0 Å². The van der Waals surface area contributed by atoms with Gasteiger partial charge in [0.05, 0.1) is 17.2 Å². The van der Waals surface area contributed by atoms with E-state index >= 15 is 0 Å². The molecule has 2 rings (SSSR count). The molecule has 0 saturated heterocycles. The predicted octanol–water partition coefficient (Wildman–Crippen LogP) is 3.85. The van der Waals surface area contributed by atoms with Gasteiger partial charge in [-0.15, -0.1) is 0 Å². The predicted molar refractivity (Wildman–Crippen MR) is 84.6 cm³/mol. The Morgan fingerprint density at radius 1 is 1.19 bits per heavy atom. The number of rotatable bonds is 5. The smallest absolute Gasteiger partial charge is 0.261 e. The number of ether oxygens (including phenoxy) is 1. The Morgan fingerprint density at radius 3 is 2.57 bits per heavy atom. The van der Waals surface area contributed by atoms with Crippen molar-refractivity contribution in [2.75, 3.05) is 11.3 Å². The van der Waals surface area contributed by atoms with E-state index in [-0.39, 0.29) is 4.90 Å². The van der Waals surface area contributed by atoms with Gasteiger partial charge in [-0.25, -0.2) is 8.42 Å². The van der Waals surface area contributed by atoms with E-state index in [0.717, 1.165) is 5.56 Å². The van der Waals surface area contributed by atoms with Gasteiger partial charge in [-0.1, -0.05) is 17.7 Å². The van der Waals surface area contributed by atoms with E-state index in [9.17, 15) is 8.42 Å². The molecule has 21 heavy (non-hydrogen) atoms. The molecule has 0 unspecified atom stereocenters. The molecule has 0 aliphatic carbocycles. The van der Waals surface area contributed by atoms with Crippen molar-refractivity contribution in [3.05, 3.63) is 53.1 Å². The summed E-state index contributed by atoms with van der Waals surface area (Å²) in [5.74, 6) is 0.680. The van der Waals surface area contributed by atoms with Crippen LogP contribution in [-0.2, 0) is 10.0 Å². The molecule has 0 atom stereocenters. The monoisotopic (exact) mass is 325 g/mol. The van der Waals surface area contributed by atoms with Crippen molar-refractivity contribution >= 4 is 27.3 Å². The quantitative estimate of drug-likeness (QED) is 0.908. The Morgan fingerprint density at radius 2 is 1.95 bits per heavy atom. The molecule has 2 aromatic rings. The van der Waals surface area contributed by atoms with E-state index in [2.05, 4.69) is 4.72 Å². The third kappa shape index (κ3) is 3.89. The molecule has 0 saturated carbocycles. The fraction of sp³-hybridized carbons (Fsp3) is 0.200. The van der Waals surface area contributed by atoms with Crippen molar-refractivity contribution in [3.63, 3.8) is 0 Å². The van der Waals surface area contributed by atoms with Gasteiger partial charge in [0.15, 0.2) is 0 Å². The maximum atomic E-state index is 12.3. The lowest BCUT2D eigenvalue weighted by Gasteiger charge is -2.11. The molecule has 0 spiro atoms. The molecule has 0 aliphatic rings. The van der Waals surface area contributed by atoms with Gasteiger partial charge in [0.2, 0.25) is 0 Å². The Bertz CT molecular complexity index is 744. The standard InChI is InChI=1S/C15H16ClNO3S/c1-3-20-15-8-7-14(9-11(15)2)21(18,19)17-13-6-4-5-12(16)10-13/h4-10,17H,3H2,1-2H3. The molecule has 2 aromatic carbocycles. The number of anilines is 1. The fourth-order valence-electron chi connectivity index (χ4n) is 1.87. The van der Waals surface area contributed by atoms with Crippen molar-refractivity contribution < 1.29 is 13.2 Å². The molecular weight excluding hydrogens is 310 g/mol. The topological polar surface area (TPSA) is 55.4 Å². The van der Waals surface area contributed by atoms with Crippen LogP contribution in [0.15, 0.2) is 47.4 Å². The van der Waals surface area contributed by atoms with Gasteiger partial charge in [-0.2, -0.15) is 0 Å². The number of nitrogens with one attached hydrogen (secondary N) is 1. The highest BCUT2D eigenvalue weighted by Gasteiger charge is 2.15. The van der Waals surface area contributed by atoms with Crippen LogP contribution in [0.25, 0.3) is 0 Å². The molecule has 0 fully saturated rings. The maximum Gasteiger partial charge on any atom is 0.261 e. The number of aryl methyl sites for hydroxylation is 1. The lowest BCUT2D eigenvalue weighted by Crippen LogP contribution is -2.13. The summed E-state index contributed by atoms with van der Waals surface area (Å²) < 4.78 is 32.6. The maximum absolute atomic E-state index is 12.3. The van der Waals surface area contributed by atoms with Gasteiger partial charge in [-0.05, 0) is 55.8 Å². The summed E-state index contributed by atoms with van der Waals surface area (Å²) in [4.78, 5) is 0.184. The molecule has 0 aromatic heterocycles. The normalized spacial score (nSPS) is 11.2. The molecule has 0 heterocycles. The second-order valence-electron chi connectivity index (χ2n) is 4.48. The summed E-state index contributed by atoms with van der Waals surface area (Å²) in [6.07, 6.45) is 0. The van der Waals surface area contributed by atoms with E-state index in [4.69, 9.17) is 16.3 Å². The molecular formula is C15H16ClNO3S. The van der Waals surface area contributed by atoms with Gasteiger partial charge >= 0.3 is 0 Å². The number of hydrogen-bond donors (Lipinski definition) is 1. The third-order valence-electron chi connectivity index (χ3n) is 2.83. The van der Waals surface area contributed by atoms with Crippen LogP contribution in [-0.4, -0.2) is 15.0 Å². The SMILES string of the molecule is CCOc1ccc(S(=O)(=O)Nc2cccc(Cl)c2)cc1C. The Kier molecular flexibility index (Phi) is 4.75. The number of hydrogen-bond acceptors (Lipinski definition) is 3. The van der Waals surface area contributed by atoms with Crippen LogP contribution < -0.4 is 9.46 Å². The van der Waals surface area contributed by atoms with Crippen molar-refractivity contribution in [2.24, 2.45) is 0 Å². The summed E-state index contributed by atoms with van der Waals surface area (Å²) in [5.41, 5.74) is 1.19. The minimum absolute atomic E-state index is 0.184. The lowest BCUT2D eigenvalue weighted by atomic mass is 10.2. The number of benzene rings is 2. The third-order valence-corrected chi connectivity index (χ3v) is 4.45. The largest absolute Gasteiger partial charge is 0.494 e. The minimum Gasteiger partial charge on any atom is -0.494 e. The average Bonchev–Trinajstić information content (AvgIpc) is 2.40. The second kappa shape index (κ2) is 6.37. The first-order chi connectivity index (χ1) is 9.92. The van der Waals surface area contributed by atoms with E-state index in [0.29, 0.717) is 23.1 Å². The highest BCUT2D eigenvalue weighted by atomic mass is 35.5. The molecule has 0 amide bonds. The molecule has 0 bridgehead atoms. The summed E-state index contributed by atoms with van der Waals surface area (Å²) >= 11 is 5.85. The Hall–Kier alpha value is -1.72. The van der Waals surface area contributed by atoms with Crippen LogP contribution >= 0.6 is 11.6 Å². The number of halogens is 1. The molecule has 6 heteroatoms. The molecule has 0 aliphatic heterocycles. The summed E-state index contributed by atoms with van der Waals surface area (Å²) in [7, 11) is -3.65. The summed E-state index contributed by atoms with van der Waals surface area (Å²) in [6.45, 7) is 4.22. The van der Waals surface area contributed by atoms with E-state index in [1.807, 2.05) is 13.8 Å². The minimum atomic E-state index is -3.65. The van der Waals surface area contributed by atoms with Gasteiger partial charge in [0.25, 0.3) is 10.0 Å². The summed E-state index contributed by atoms with van der Waals surface area (Å²) in [5, 5.41) is 0.470. The highest BCUT2D eigenvalue weighted by molar-refractivity contribution is 7.92. The molecule has 1 N–H and O–H groups in total. The number of sulfonamides is 1. The summed E-state index contributed by atoms with van der Waals surface area (Å²) in [6, 6.07) is 11.3. The Labute approximate surface area is 129 Å². The van der Waals surface area contributed by atoms with E-state index in [1.54, 1.807) is 36.4 Å². The molecule has 4 nitrogen and oxygen atoms in total. The van der Waals surface area contributed by atoms with Crippen molar-refractivity contribution in [3.8, 4) is 5.75 Å². The first-order valence-electron chi connectivity index (χ1n) is 6.44. The average molecular weight is 326 g/mol. The van der Waals surface area contributed by atoms with Gasteiger partial charge in [-0.3, -0.25) is 4.72 Å². The Balaban J connectivity index is 2.29. The zero-order valence-electron chi connectivity index (χ0n) is 11.8. The zero-order chi connectivity index (χ0) is 15.5. The van der Waals surface area contributed by atoms with Crippen molar-refractivity contribution in [1.82, 2.24) is 0 Å². The molecule has 0 radical (unpaired) electrons. The van der Waals surface area contributed by atoms with Crippen LogP contribution in [0, 0.1) is 6.92 Å². The van der Waals surface area contributed by atoms with Crippen LogP contribution in [0.3, 0.4) is 0 Å². The van der Waals surface area contributed by atoms with Crippen LogP contribution in [0.5, 0.6) is 5.75 Å². The van der Waals surface area contributed by atoms with Gasteiger partial charge < -0.3 is 4.74 Å². The van der Waals surface area contributed by atoms with Gasteiger partial charge in [0.1, 0.15) is 5.75 Å². The zero-order valence-corrected chi connectivity index (χ0v) is 13.3. The lowest BCUT2D eigenvalue weighted by molar-refractivity contribution is 0.337. The highest BCUT2D eigenvalue weighted by Crippen LogP contribution is 2.24. The molecule has 112 valence electrons. The van der Waals surface area contributed by atoms with Crippen LogP contribution in [0.2, 0.25) is 5.02 Å². The second-order valence-corrected chi connectivity index (χ2v) is 6.60. The van der Waals surface area contributed by atoms with Crippen LogP contribution in [0.4, 0.5) is 5.69 Å². The van der Waals surface area contributed by atoms with Crippen molar-refractivity contribution in [1.29, 1.82) is 0 Å². The van der Waals surface area contributed by atoms with E-state index in [1.165, 1.54) is 6.07 Å². The fourth-order valence-corrected chi connectivity index (χ4v) is 3.20. The van der Waals surface area contributed by atoms with Crippen LogP contribution in [0.1, 0.15) is 12.5 Å². The van der Waals surface area contributed by atoms with Gasteiger partial charge in [0, 0.05) is 5.02 Å². The van der Waals surface area contributed by atoms with Crippen molar-refractivity contribution in [2.45, 2.75) is 18.7 Å². The first-order valence-corrected chi connectivity index (χ1v) is 8.30.